The number of hydrogen-bond donors (Lipinski definition) is 1. The molecule has 1 aromatic rings. The summed E-state index contributed by atoms with van der Waals surface area (Å²) in [4.78, 5) is 0. The van der Waals surface area contributed by atoms with Gasteiger partial charge >= 0.3 is 0 Å². The highest BCUT2D eigenvalue weighted by Gasteiger charge is 2.17. The Labute approximate surface area is 108 Å². The molecule has 1 aromatic heterocycles. The summed E-state index contributed by atoms with van der Waals surface area (Å²) in [6.07, 6.45) is 0.689. The molecule has 17 heavy (non-hydrogen) atoms. The molecule has 1 rings (SSSR count). The topological polar surface area (TPSA) is 53.1 Å². The Kier molecular flexibility index (Phi) is 4.58. The van der Waals surface area contributed by atoms with E-state index < -0.39 is 0 Å². The monoisotopic (exact) mass is 259 g/mol. The van der Waals surface area contributed by atoms with Crippen LogP contribution in [0.5, 0.6) is 0 Å². The Hall–Kier alpha value is -0.580. The van der Waals surface area contributed by atoms with Crippen molar-refractivity contribution < 1.29 is 4.74 Å². The lowest BCUT2D eigenvalue weighted by Gasteiger charge is -2.22. The first-order valence-electron chi connectivity index (χ1n) is 5.78. The van der Waals surface area contributed by atoms with Crippen molar-refractivity contribution in [1.82, 2.24) is 9.78 Å². The highest BCUT2D eigenvalue weighted by atomic mass is 35.5. The van der Waals surface area contributed by atoms with E-state index in [4.69, 9.17) is 22.1 Å². The second-order valence-corrected chi connectivity index (χ2v) is 5.72. The third kappa shape index (κ3) is 4.30. The Morgan fingerprint density at radius 1 is 1.47 bits per heavy atom. The minimum absolute atomic E-state index is 0.0605. The van der Waals surface area contributed by atoms with Crippen LogP contribution >= 0.6 is 11.6 Å². The van der Waals surface area contributed by atoms with Crippen LogP contribution in [-0.2, 0) is 18.2 Å². The molecule has 0 saturated heterocycles. The van der Waals surface area contributed by atoms with Crippen molar-refractivity contribution in [2.24, 2.45) is 12.8 Å². The van der Waals surface area contributed by atoms with Crippen LogP contribution in [0.1, 0.15) is 32.0 Å². The van der Waals surface area contributed by atoms with E-state index in [1.165, 1.54) is 0 Å². The molecule has 0 bridgehead atoms. The van der Waals surface area contributed by atoms with Gasteiger partial charge in [0.2, 0.25) is 0 Å². The Bertz CT molecular complexity index is 382. The fourth-order valence-corrected chi connectivity index (χ4v) is 1.84. The van der Waals surface area contributed by atoms with E-state index in [0.29, 0.717) is 18.2 Å². The number of hydrogen-bond acceptors (Lipinski definition) is 3. The first kappa shape index (κ1) is 14.5. The maximum atomic E-state index is 6.15. The van der Waals surface area contributed by atoms with Gasteiger partial charge in [-0.25, -0.2) is 0 Å². The summed E-state index contributed by atoms with van der Waals surface area (Å²) >= 11 is 6.15. The zero-order valence-electron chi connectivity index (χ0n) is 11.2. The van der Waals surface area contributed by atoms with Gasteiger partial charge in [-0.15, -0.1) is 0 Å². The van der Waals surface area contributed by atoms with Crippen molar-refractivity contribution in [1.29, 1.82) is 0 Å². The zero-order chi connectivity index (χ0) is 13.2. The van der Waals surface area contributed by atoms with Crippen LogP contribution < -0.4 is 5.73 Å². The lowest BCUT2D eigenvalue weighted by molar-refractivity contribution is -0.00984. The maximum absolute atomic E-state index is 6.15. The molecule has 0 aromatic carbocycles. The molecule has 4 nitrogen and oxygen atoms in total. The molecular formula is C12H22ClN3O. The summed E-state index contributed by atoms with van der Waals surface area (Å²) in [7, 11) is 1.83. The molecule has 2 N–H and O–H groups in total. The van der Waals surface area contributed by atoms with Crippen molar-refractivity contribution >= 4 is 11.6 Å². The summed E-state index contributed by atoms with van der Waals surface area (Å²) < 4.78 is 7.32. The van der Waals surface area contributed by atoms with Crippen molar-refractivity contribution in [3.05, 3.63) is 16.4 Å². The van der Waals surface area contributed by atoms with Gasteiger partial charge in [0, 0.05) is 18.7 Å². The number of nitrogens with zero attached hydrogens (tertiary/aromatic N) is 2. The minimum atomic E-state index is -0.161. The lowest BCUT2D eigenvalue weighted by atomic mass is 10.1. The number of ether oxygens (including phenoxy) is 1. The van der Waals surface area contributed by atoms with Crippen LogP contribution in [0.3, 0.4) is 0 Å². The van der Waals surface area contributed by atoms with Crippen molar-refractivity contribution in [2.45, 2.75) is 45.8 Å². The normalized spacial score (nSPS) is 14.1. The fourth-order valence-electron chi connectivity index (χ4n) is 1.58. The molecule has 0 fully saturated rings. The standard InChI is InChI=1S/C12H22ClN3O/c1-8-10(11(13)16(5)15-8)6-9(14)7-17-12(2,3)4/h9H,6-7,14H2,1-5H3. The van der Waals surface area contributed by atoms with E-state index in [-0.39, 0.29) is 11.6 Å². The molecular weight excluding hydrogens is 238 g/mol. The quantitative estimate of drug-likeness (QED) is 0.901. The molecule has 5 heteroatoms. The van der Waals surface area contributed by atoms with Crippen LogP contribution in [0.15, 0.2) is 0 Å². The van der Waals surface area contributed by atoms with E-state index in [2.05, 4.69) is 5.10 Å². The second kappa shape index (κ2) is 5.38. The summed E-state index contributed by atoms with van der Waals surface area (Å²) in [6.45, 7) is 8.51. The molecule has 0 aliphatic heterocycles. The average molecular weight is 260 g/mol. The number of rotatable bonds is 4. The summed E-state index contributed by atoms with van der Waals surface area (Å²) in [5.74, 6) is 0. The van der Waals surface area contributed by atoms with Crippen LogP contribution in [-0.4, -0.2) is 28.0 Å². The van der Waals surface area contributed by atoms with Crippen molar-refractivity contribution in [3.8, 4) is 0 Å². The maximum Gasteiger partial charge on any atom is 0.130 e. The molecule has 0 aliphatic carbocycles. The van der Waals surface area contributed by atoms with Gasteiger partial charge in [-0.2, -0.15) is 5.10 Å². The predicted octanol–water partition coefficient (Wildman–Crippen LogP) is 2.07. The van der Waals surface area contributed by atoms with E-state index in [1.54, 1.807) is 4.68 Å². The predicted molar refractivity (Wildman–Crippen MR) is 70.3 cm³/mol. The second-order valence-electron chi connectivity index (χ2n) is 5.37. The molecule has 0 radical (unpaired) electrons. The van der Waals surface area contributed by atoms with Gasteiger partial charge in [0.25, 0.3) is 0 Å². The Balaban J connectivity index is 2.59. The van der Waals surface area contributed by atoms with Gasteiger partial charge in [-0.3, -0.25) is 4.68 Å². The lowest BCUT2D eigenvalue weighted by Crippen LogP contribution is -2.33. The first-order valence-corrected chi connectivity index (χ1v) is 6.16. The highest BCUT2D eigenvalue weighted by molar-refractivity contribution is 6.30. The zero-order valence-corrected chi connectivity index (χ0v) is 12.0. The number of halogens is 1. The summed E-state index contributed by atoms with van der Waals surface area (Å²) in [6, 6.07) is -0.0605. The van der Waals surface area contributed by atoms with E-state index >= 15 is 0 Å². The van der Waals surface area contributed by atoms with E-state index in [1.807, 2.05) is 34.7 Å². The van der Waals surface area contributed by atoms with Gasteiger partial charge in [0.05, 0.1) is 17.9 Å². The van der Waals surface area contributed by atoms with E-state index in [0.717, 1.165) is 11.3 Å². The van der Waals surface area contributed by atoms with Crippen LogP contribution in [0.4, 0.5) is 0 Å². The summed E-state index contributed by atoms with van der Waals surface area (Å²) in [5, 5.41) is 4.92. The van der Waals surface area contributed by atoms with Crippen LogP contribution in [0.2, 0.25) is 5.15 Å². The molecule has 0 aliphatic rings. The van der Waals surface area contributed by atoms with Crippen LogP contribution in [0, 0.1) is 6.92 Å². The molecule has 1 atom stereocenters. The molecule has 0 amide bonds. The minimum Gasteiger partial charge on any atom is -0.374 e. The number of aromatic nitrogens is 2. The van der Waals surface area contributed by atoms with Gasteiger partial charge < -0.3 is 10.5 Å². The van der Waals surface area contributed by atoms with Gasteiger partial charge in [-0.1, -0.05) is 11.6 Å². The molecule has 1 heterocycles. The smallest absolute Gasteiger partial charge is 0.130 e. The highest BCUT2D eigenvalue weighted by Crippen LogP contribution is 2.20. The van der Waals surface area contributed by atoms with Gasteiger partial charge in [-0.05, 0) is 34.1 Å². The Morgan fingerprint density at radius 2 is 2.06 bits per heavy atom. The van der Waals surface area contributed by atoms with Crippen molar-refractivity contribution in [2.75, 3.05) is 6.61 Å². The van der Waals surface area contributed by atoms with Crippen molar-refractivity contribution in [3.63, 3.8) is 0 Å². The molecule has 1 unspecified atom stereocenters. The third-order valence-electron chi connectivity index (χ3n) is 2.47. The molecule has 0 spiro atoms. The Morgan fingerprint density at radius 3 is 2.47 bits per heavy atom. The van der Waals surface area contributed by atoms with E-state index in [9.17, 15) is 0 Å². The average Bonchev–Trinajstić information content (AvgIpc) is 2.41. The fraction of sp³-hybridized carbons (Fsp3) is 0.750. The van der Waals surface area contributed by atoms with Gasteiger partial charge in [0.15, 0.2) is 0 Å². The summed E-state index contributed by atoms with van der Waals surface area (Å²) in [5.41, 5.74) is 7.83. The number of aryl methyl sites for hydroxylation is 2. The van der Waals surface area contributed by atoms with Crippen LogP contribution in [0.25, 0.3) is 0 Å². The first-order chi connectivity index (χ1) is 7.70. The van der Waals surface area contributed by atoms with Gasteiger partial charge in [0.1, 0.15) is 5.15 Å². The largest absolute Gasteiger partial charge is 0.374 e. The molecule has 98 valence electrons. The third-order valence-corrected chi connectivity index (χ3v) is 2.94. The molecule has 0 saturated carbocycles. The number of nitrogens with two attached hydrogens (primary N) is 1. The SMILES string of the molecule is Cc1nn(C)c(Cl)c1CC(N)COC(C)(C)C.